The fourth-order valence-corrected chi connectivity index (χ4v) is 3.52. The molecule has 0 atom stereocenters. The van der Waals surface area contributed by atoms with Crippen LogP contribution < -0.4 is 0 Å². The Bertz CT molecular complexity index is 1100. The van der Waals surface area contributed by atoms with E-state index in [9.17, 15) is 14.9 Å². The highest BCUT2D eigenvalue weighted by molar-refractivity contribution is 6.42. The van der Waals surface area contributed by atoms with E-state index in [1.807, 2.05) is 19.0 Å². The topological polar surface area (TPSA) is 97.4 Å². The second-order valence-electron chi connectivity index (χ2n) is 7.43. The lowest BCUT2D eigenvalue weighted by molar-refractivity contribution is -0.384. The second-order valence-corrected chi connectivity index (χ2v) is 8.25. The molecule has 0 radical (unpaired) electrons. The van der Waals surface area contributed by atoms with Crippen molar-refractivity contribution >= 4 is 34.8 Å². The Morgan fingerprint density at radius 2 is 1.91 bits per heavy atom. The molecule has 1 amide bonds. The van der Waals surface area contributed by atoms with E-state index in [4.69, 9.17) is 23.2 Å². The maximum atomic E-state index is 13.3. The van der Waals surface area contributed by atoms with Crippen LogP contribution in [0.1, 0.15) is 22.3 Å². The Labute approximate surface area is 195 Å². The molecular formula is C21H22Cl2N6O3. The number of nitro groups is 1. The Morgan fingerprint density at radius 3 is 2.53 bits per heavy atom. The second kappa shape index (κ2) is 10.5. The minimum absolute atomic E-state index is 0.213. The van der Waals surface area contributed by atoms with Gasteiger partial charge in [0.25, 0.3) is 11.6 Å². The Kier molecular flexibility index (Phi) is 7.79. The largest absolute Gasteiger partial charge is 0.334 e. The number of carbonyl (C=O) groups excluding carboxylic acids is 1. The van der Waals surface area contributed by atoms with Crippen molar-refractivity contribution in [1.82, 2.24) is 24.6 Å². The summed E-state index contributed by atoms with van der Waals surface area (Å²) < 4.78 is 1.29. The number of aromatic nitrogens is 3. The SMILES string of the molecule is CN(C)CCCN(Cc1ccc(Cl)c(Cl)c1)C(=O)c1ccc(-n2cncn2)c([N+](=O)[O-])c1. The van der Waals surface area contributed by atoms with Crippen molar-refractivity contribution in [2.45, 2.75) is 13.0 Å². The molecule has 0 saturated carbocycles. The number of rotatable bonds is 9. The zero-order chi connectivity index (χ0) is 23.3. The van der Waals surface area contributed by atoms with Crippen LogP contribution in [0.25, 0.3) is 5.69 Å². The van der Waals surface area contributed by atoms with E-state index in [1.165, 1.54) is 29.5 Å². The highest BCUT2D eigenvalue weighted by Gasteiger charge is 2.23. The molecule has 0 unspecified atom stereocenters. The molecule has 0 aliphatic rings. The molecule has 1 aromatic heterocycles. The van der Waals surface area contributed by atoms with E-state index in [2.05, 4.69) is 10.1 Å². The summed E-state index contributed by atoms with van der Waals surface area (Å²) in [5, 5.41) is 16.4. The van der Waals surface area contributed by atoms with Crippen LogP contribution in [0, 0.1) is 10.1 Å². The van der Waals surface area contributed by atoms with Gasteiger partial charge in [0.2, 0.25) is 0 Å². The zero-order valence-corrected chi connectivity index (χ0v) is 19.1. The molecule has 0 saturated heterocycles. The molecule has 3 aromatic rings. The molecule has 32 heavy (non-hydrogen) atoms. The van der Waals surface area contributed by atoms with Crippen molar-refractivity contribution in [2.75, 3.05) is 27.2 Å². The average molecular weight is 477 g/mol. The van der Waals surface area contributed by atoms with Gasteiger partial charge >= 0.3 is 0 Å². The maximum Gasteiger partial charge on any atom is 0.295 e. The van der Waals surface area contributed by atoms with E-state index in [-0.39, 0.29) is 22.8 Å². The number of amides is 1. The predicted octanol–water partition coefficient (Wildman–Crippen LogP) is 4.08. The maximum absolute atomic E-state index is 13.3. The predicted molar refractivity (Wildman–Crippen MR) is 122 cm³/mol. The standard InChI is InChI=1S/C21H22Cl2N6O3/c1-26(2)8-3-9-27(12-15-4-6-17(22)18(23)10-15)21(30)16-5-7-19(20(11-16)29(31)32)28-14-24-13-25-28/h4-7,10-11,13-14H,3,8-9,12H2,1-2H3. The highest BCUT2D eigenvalue weighted by Crippen LogP contribution is 2.26. The summed E-state index contributed by atoms with van der Waals surface area (Å²) >= 11 is 12.1. The minimum Gasteiger partial charge on any atom is -0.334 e. The third-order valence-corrected chi connectivity index (χ3v) is 5.50. The summed E-state index contributed by atoms with van der Waals surface area (Å²) in [5.41, 5.74) is 1.02. The van der Waals surface area contributed by atoms with Crippen molar-refractivity contribution in [3.63, 3.8) is 0 Å². The summed E-state index contributed by atoms with van der Waals surface area (Å²) in [7, 11) is 3.91. The quantitative estimate of drug-likeness (QED) is 0.340. The molecule has 3 rings (SSSR count). The third kappa shape index (κ3) is 5.82. The third-order valence-electron chi connectivity index (χ3n) is 4.76. The van der Waals surface area contributed by atoms with Crippen LogP contribution in [0.4, 0.5) is 5.69 Å². The molecule has 0 spiro atoms. The van der Waals surface area contributed by atoms with E-state index in [0.29, 0.717) is 23.1 Å². The van der Waals surface area contributed by atoms with Crippen LogP contribution >= 0.6 is 23.2 Å². The van der Waals surface area contributed by atoms with Crippen LogP contribution in [0.5, 0.6) is 0 Å². The van der Waals surface area contributed by atoms with Crippen molar-refractivity contribution in [1.29, 1.82) is 0 Å². The van der Waals surface area contributed by atoms with Crippen molar-refractivity contribution in [3.8, 4) is 5.69 Å². The lowest BCUT2D eigenvalue weighted by atomic mass is 10.1. The van der Waals surface area contributed by atoms with E-state index in [1.54, 1.807) is 29.2 Å². The van der Waals surface area contributed by atoms with Gasteiger partial charge in [-0.1, -0.05) is 29.3 Å². The van der Waals surface area contributed by atoms with Crippen LogP contribution in [0.2, 0.25) is 10.0 Å². The Hall–Kier alpha value is -3.01. The average Bonchev–Trinajstić information content (AvgIpc) is 3.29. The fraction of sp³-hybridized carbons (Fsp3) is 0.286. The van der Waals surface area contributed by atoms with Gasteiger partial charge in [-0.05, 0) is 56.9 Å². The van der Waals surface area contributed by atoms with E-state index < -0.39 is 4.92 Å². The highest BCUT2D eigenvalue weighted by atomic mass is 35.5. The first-order chi connectivity index (χ1) is 15.3. The zero-order valence-electron chi connectivity index (χ0n) is 17.6. The molecule has 9 nitrogen and oxygen atoms in total. The number of hydrogen-bond donors (Lipinski definition) is 0. The number of hydrogen-bond acceptors (Lipinski definition) is 6. The summed E-state index contributed by atoms with van der Waals surface area (Å²) in [6.45, 7) is 1.55. The lowest BCUT2D eigenvalue weighted by Crippen LogP contribution is -2.33. The van der Waals surface area contributed by atoms with Gasteiger partial charge in [-0.3, -0.25) is 14.9 Å². The van der Waals surface area contributed by atoms with Crippen LogP contribution in [-0.2, 0) is 6.54 Å². The number of carbonyl (C=O) groups is 1. The summed E-state index contributed by atoms with van der Waals surface area (Å²) in [4.78, 5) is 32.0. The Morgan fingerprint density at radius 1 is 1.12 bits per heavy atom. The molecule has 1 heterocycles. The first-order valence-corrected chi connectivity index (χ1v) is 10.5. The van der Waals surface area contributed by atoms with Crippen molar-refractivity contribution in [2.24, 2.45) is 0 Å². The normalized spacial score (nSPS) is 11.0. The Balaban J connectivity index is 1.91. The molecule has 0 aliphatic carbocycles. The number of nitrogens with zero attached hydrogens (tertiary/aromatic N) is 6. The van der Waals surface area contributed by atoms with Gasteiger partial charge in [0.1, 0.15) is 18.3 Å². The van der Waals surface area contributed by atoms with Gasteiger partial charge in [-0.2, -0.15) is 5.10 Å². The molecule has 2 aromatic carbocycles. The van der Waals surface area contributed by atoms with Gasteiger partial charge in [-0.15, -0.1) is 0 Å². The van der Waals surface area contributed by atoms with Gasteiger partial charge in [-0.25, -0.2) is 9.67 Å². The van der Waals surface area contributed by atoms with Gasteiger partial charge < -0.3 is 9.80 Å². The first-order valence-electron chi connectivity index (χ1n) is 9.77. The first kappa shape index (κ1) is 23.6. The number of nitro benzene ring substituents is 1. The molecule has 0 aliphatic heterocycles. The fourth-order valence-electron chi connectivity index (χ4n) is 3.20. The number of halogens is 2. The summed E-state index contributed by atoms with van der Waals surface area (Å²) in [6.07, 6.45) is 3.38. The van der Waals surface area contributed by atoms with Gasteiger partial charge in [0.05, 0.1) is 15.0 Å². The number of benzene rings is 2. The summed E-state index contributed by atoms with van der Waals surface area (Å²) in [6, 6.07) is 9.52. The molecule has 0 bridgehead atoms. The molecule has 0 N–H and O–H groups in total. The minimum atomic E-state index is -0.539. The van der Waals surface area contributed by atoms with Crippen molar-refractivity contribution < 1.29 is 9.72 Å². The van der Waals surface area contributed by atoms with Crippen LogP contribution in [0.3, 0.4) is 0 Å². The summed E-state index contributed by atoms with van der Waals surface area (Å²) in [5.74, 6) is -0.317. The van der Waals surface area contributed by atoms with Gasteiger partial charge in [0, 0.05) is 24.7 Å². The molecule has 0 fully saturated rings. The molecular weight excluding hydrogens is 455 g/mol. The van der Waals surface area contributed by atoms with Crippen LogP contribution in [0.15, 0.2) is 49.1 Å². The van der Waals surface area contributed by atoms with E-state index in [0.717, 1.165) is 18.5 Å². The molecule has 11 heteroatoms. The lowest BCUT2D eigenvalue weighted by Gasteiger charge is -2.24. The smallest absolute Gasteiger partial charge is 0.295 e. The van der Waals surface area contributed by atoms with Gasteiger partial charge in [0.15, 0.2) is 0 Å². The van der Waals surface area contributed by atoms with Crippen molar-refractivity contribution in [3.05, 3.63) is 80.3 Å². The molecule has 168 valence electrons. The van der Waals surface area contributed by atoms with Crippen LogP contribution in [-0.4, -0.2) is 62.6 Å². The monoisotopic (exact) mass is 476 g/mol. The van der Waals surface area contributed by atoms with E-state index >= 15 is 0 Å².